The summed E-state index contributed by atoms with van der Waals surface area (Å²) in [7, 11) is 0. The van der Waals surface area contributed by atoms with Gasteiger partial charge < -0.3 is 9.84 Å². The number of phenolic OH excluding ortho intramolecular Hbond substituents is 1. The predicted octanol–water partition coefficient (Wildman–Crippen LogP) is 2.23. The maximum absolute atomic E-state index is 11.6. The molecule has 1 amide bonds. The first-order chi connectivity index (χ1) is 10.1. The van der Waals surface area contributed by atoms with Crippen molar-refractivity contribution in [3.63, 3.8) is 0 Å². The number of hydrazone groups is 1. The summed E-state index contributed by atoms with van der Waals surface area (Å²) < 4.78 is 5.34. The molecule has 0 unspecified atom stereocenters. The van der Waals surface area contributed by atoms with E-state index in [-0.39, 0.29) is 18.3 Å². The second-order valence-corrected chi connectivity index (χ2v) is 4.46. The first kappa shape index (κ1) is 14.6. The van der Waals surface area contributed by atoms with E-state index in [0.717, 1.165) is 5.56 Å². The Bertz CT molecular complexity index is 653. The fourth-order valence-electron chi connectivity index (χ4n) is 1.66. The minimum absolute atomic E-state index is 0.103. The van der Waals surface area contributed by atoms with Crippen molar-refractivity contribution in [1.29, 1.82) is 0 Å². The van der Waals surface area contributed by atoms with Crippen LogP contribution in [0.1, 0.15) is 11.1 Å². The molecule has 0 spiro atoms. The van der Waals surface area contributed by atoms with Gasteiger partial charge in [0.1, 0.15) is 11.5 Å². The van der Waals surface area contributed by atoms with Crippen LogP contribution in [0.2, 0.25) is 0 Å². The number of carbonyl (C=O) groups excluding carboxylic acids is 1. The number of ether oxygens (including phenoxy) is 1. The number of rotatable bonds is 5. The Kier molecular flexibility index (Phi) is 4.93. The summed E-state index contributed by atoms with van der Waals surface area (Å²) >= 11 is 0. The smallest absolute Gasteiger partial charge is 0.277 e. The van der Waals surface area contributed by atoms with Crippen molar-refractivity contribution < 1.29 is 14.6 Å². The van der Waals surface area contributed by atoms with Crippen LogP contribution in [0.15, 0.2) is 53.6 Å². The normalized spacial score (nSPS) is 10.5. The van der Waals surface area contributed by atoms with Crippen LogP contribution < -0.4 is 10.2 Å². The molecule has 0 bridgehead atoms. The highest BCUT2D eigenvalue weighted by atomic mass is 16.5. The first-order valence-electron chi connectivity index (χ1n) is 6.44. The lowest BCUT2D eigenvalue weighted by Crippen LogP contribution is -2.24. The van der Waals surface area contributed by atoms with Crippen LogP contribution in [0, 0.1) is 6.92 Å². The van der Waals surface area contributed by atoms with Crippen molar-refractivity contribution in [3.8, 4) is 11.5 Å². The molecule has 0 heterocycles. The summed E-state index contributed by atoms with van der Waals surface area (Å²) in [6.45, 7) is 1.82. The van der Waals surface area contributed by atoms with Crippen molar-refractivity contribution in [1.82, 2.24) is 5.43 Å². The van der Waals surface area contributed by atoms with Crippen molar-refractivity contribution in [3.05, 3.63) is 59.7 Å². The van der Waals surface area contributed by atoms with Crippen LogP contribution in [0.5, 0.6) is 11.5 Å². The number of hydrogen-bond donors (Lipinski definition) is 2. The summed E-state index contributed by atoms with van der Waals surface area (Å²) in [5, 5.41) is 13.3. The second-order valence-electron chi connectivity index (χ2n) is 4.46. The number of aryl methyl sites for hydroxylation is 1. The third-order valence-corrected chi connectivity index (χ3v) is 2.69. The van der Waals surface area contributed by atoms with Crippen LogP contribution in [-0.4, -0.2) is 23.8 Å². The van der Waals surface area contributed by atoms with Crippen LogP contribution >= 0.6 is 0 Å². The number of aromatic hydroxyl groups is 1. The van der Waals surface area contributed by atoms with Crippen LogP contribution in [0.3, 0.4) is 0 Å². The molecule has 0 radical (unpaired) electrons. The van der Waals surface area contributed by atoms with Gasteiger partial charge >= 0.3 is 0 Å². The Labute approximate surface area is 122 Å². The van der Waals surface area contributed by atoms with Crippen LogP contribution in [0.25, 0.3) is 0 Å². The number of phenols is 1. The van der Waals surface area contributed by atoms with Gasteiger partial charge in [0.15, 0.2) is 6.61 Å². The number of benzene rings is 2. The van der Waals surface area contributed by atoms with E-state index < -0.39 is 0 Å². The van der Waals surface area contributed by atoms with Crippen molar-refractivity contribution in [2.75, 3.05) is 6.61 Å². The quantitative estimate of drug-likeness (QED) is 0.653. The molecule has 2 aromatic rings. The third kappa shape index (κ3) is 4.65. The SMILES string of the molecule is Cc1cccc(OCC(=O)N/N=C/c2ccccc2O)c1. The highest BCUT2D eigenvalue weighted by Gasteiger charge is 2.01. The van der Waals surface area contributed by atoms with Gasteiger partial charge in [-0.05, 0) is 36.8 Å². The lowest BCUT2D eigenvalue weighted by Gasteiger charge is -2.05. The molecule has 0 atom stereocenters. The van der Waals surface area contributed by atoms with Gasteiger partial charge in [-0.1, -0.05) is 24.3 Å². The van der Waals surface area contributed by atoms with Crippen molar-refractivity contribution in [2.24, 2.45) is 5.10 Å². The topological polar surface area (TPSA) is 70.9 Å². The van der Waals surface area contributed by atoms with Crippen molar-refractivity contribution >= 4 is 12.1 Å². The van der Waals surface area contributed by atoms with E-state index in [0.29, 0.717) is 11.3 Å². The number of nitrogens with one attached hydrogen (secondary N) is 1. The number of amides is 1. The van der Waals surface area contributed by atoms with E-state index in [1.165, 1.54) is 6.21 Å². The Balaban J connectivity index is 1.81. The summed E-state index contributed by atoms with van der Waals surface area (Å²) in [6.07, 6.45) is 1.37. The maximum Gasteiger partial charge on any atom is 0.277 e. The van der Waals surface area contributed by atoms with E-state index in [1.54, 1.807) is 30.3 Å². The molecule has 0 saturated carbocycles. The molecule has 21 heavy (non-hydrogen) atoms. The highest BCUT2D eigenvalue weighted by Crippen LogP contribution is 2.13. The van der Waals surface area contributed by atoms with Gasteiger partial charge in [-0.2, -0.15) is 5.10 Å². The Morgan fingerprint density at radius 1 is 1.29 bits per heavy atom. The van der Waals surface area contributed by atoms with Crippen LogP contribution in [0.4, 0.5) is 0 Å². The molecule has 0 fully saturated rings. The molecular weight excluding hydrogens is 268 g/mol. The van der Waals surface area contributed by atoms with E-state index in [2.05, 4.69) is 10.5 Å². The molecule has 0 saturated heterocycles. The molecule has 2 aromatic carbocycles. The molecule has 108 valence electrons. The van der Waals surface area contributed by atoms with E-state index in [9.17, 15) is 9.90 Å². The molecule has 5 heteroatoms. The van der Waals surface area contributed by atoms with Gasteiger partial charge in [-0.25, -0.2) is 5.43 Å². The summed E-state index contributed by atoms with van der Waals surface area (Å²) in [6, 6.07) is 14.1. The molecule has 0 aliphatic rings. The van der Waals surface area contributed by atoms with Crippen LogP contribution in [-0.2, 0) is 4.79 Å². The Hall–Kier alpha value is -2.82. The van der Waals surface area contributed by atoms with Gasteiger partial charge in [-0.15, -0.1) is 0 Å². The summed E-state index contributed by atoms with van der Waals surface area (Å²) in [4.78, 5) is 11.6. The van der Waals surface area contributed by atoms with Gasteiger partial charge in [-0.3, -0.25) is 4.79 Å². The molecular formula is C16H16N2O3. The average Bonchev–Trinajstić information content (AvgIpc) is 2.47. The fourth-order valence-corrected chi connectivity index (χ4v) is 1.66. The average molecular weight is 284 g/mol. The molecule has 0 aliphatic carbocycles. The summed E-state index contributed by atoms with van der Waals surface area (Å²) in [5.74, 6) is 0.365. The van der Waals surface area contributed by atoms with Gasteiger partial charge in [0.25, 0.3) is 5.91 Å². The van der Waals surface area contributed by atoms with Crippen molar-refractivity contribution in [2.45, 2.75) is 6.92 Å². The number of hydrogen-bond acceptors (Lipinski definition) is 4. The lowest BCUT2D eigenvalue weighted by molar-refractivity contribution is -0.123. The molecule has 2 N–H and O–H groups in total. The zero-order valence-corrected chi connectivity index (χ0v) is 11.6. The van der Waals surface area contributed by atoms with Gasteiger partial charge in [0, 0.05) is 5.56 Å². The molecule has 0 aliphatic heterocycles. The lowest BCUT2D eigenvalue weighted by atomic mass is 10.2. The monoisotopic (exact) mass is 284 g/mol. The van der Waals surface area contributed by atoms with Gasteiger partial charge in [0.2, 0.25) is 0 Å². The summed E-state index contributed by atoms with van der Waals surface area (Å²) in [5.41, 5.74) is 3.92. The molecule has 2 rings (SSSR count). The van der Waals surface area contributed by atoms with Gasteiger partial charge in [0.05, 0.1) is 6.21 Å². The highest BCUT2D eigenvalue weighted by molar-refractivity contribution is 5.85. The zero-order valence-electron chi connectivity index (χ0n) is 11.6. The number of nitrogens with zero attached hydrogens (tertiary/aromatic N) is 1. The maximum atomic E-state index is 11.6. The first-order valence-corrected chi connectivity index (χ1v) is 6.44. The minimum Gasteiger partial charge on any atom is -0.507 e. The largest absolute Gasteiger partial charge is 0.507 e. The Morgan fingerprint density at radius 2 is 2.10 bits per heavy atom. The van der Waals surface area contributed by atoms with E-state index in [4.69, 9.17) is 4.74 Å². The molecule has 5 nitrogen and oxygen atoms in total. The number of carbonyl (C=O) groups is 1. The fraction of sp³-hybridized carbons (Fsp3) is 0.125. The van der Waals surface area contributed by atoms with E-state index >= 15 is 0 Å². The zero-order chi connectivity index (χ0) is 15.1. The minimum atomic E-state index is -0.372. The second kappa shape index (κ2) is 7.09. The standard InChI is InChI=1S/C16H16N2O3/c1-12-5-4-7-14(9-12)21-11-16(20)18-17-10-13-6-2-3-8-15(13)19/h2-10,19H,11H2,1H3,(H,18,20)/b17-10+. The van der Waals surface area contributed by atoms with E-state index in [1.807, 2.05) is 25.1 Å². The molecule has 0 aromatic heterocycles. The predicted molar refractivity (Wildman–Crippen MR) is 80.5 cm³/mol. The number of para-hydroxylation sites is 1. The Morgan fingerprint density at radius 3 is 2.86 bits per heavy atom. The third-order valence-electron chi connectivity index (χ3n) is 2.69.